The van der Waals surface area contributed by atoms with Gasteiger partial charge in [-0.2, -0.15) is 0 Å². The van der Waals surface area contributed by atoms with E-state index < -0.39 is 0 Å². The fourth-order valence-corrected chi connectivity index (χ4v) is 3.61. The fraction of sp³-hybridized carbons (Fsp3) is 0.348. The Morgan fingerprint density at radius 2 is 1.96 bits per heavy atom. The first kappa shape index (κ1) is 18.4. The van der Waals surface area contributed by atoms with Crippen LogP contribution >= 0.6 is 0 Å². The molecule has 0 heterocycles. The maximum Gasteiger partial charge on any atom is 0.251 e. The molecule has 0 fully saturated rings. The van der Waals surface area contributed by atoms with Gasteiger partial charge in [0.1, 0.15) is 0 Å². The minimum atomic E-state index is -0.0322. The molecule has 3 heteroatoms. The predicted octanol–water partition coefficient (Wildman–Crippen LogP) is 3.85. The third-order valence-corrected chi connectivity index (χ3v) is 5.34. The van der Waals surface area contributed by atoms with Crippen LogP contribution in [0.2, 0.25) is 0 Å². The normalized spacial score (nSPS) is 22.2. The summed E-state index contributed by atoms with van der Waals surface area (Å²) in [4.78, 5) is 11.7. The maximum atomic E-state index is 11.7. The second-order valence-electron chi connectivity index (χ2n) is 7.27. The van der Waals surface area contributed by atoms with E-state index in [9.17, 15) is 4.79 Å². The van der Waals surface area contributed by atoms with Crippen LogP contribution in [0.15, 0.2) is 66.7 Å². The van der Waals surface area contributed by atoms with Crippen molar-refractivity contribution < 1.29 is 4.79 Å². The Balaban J connectivity index is 1.53. The topological polar surface area (TPSA) is 41.1 Å². The molecule has 26 heavy (non-hydrogen) atoms. The molecular formula is C23H28N2O. The molecule has 0 aromatic heterocycles. The number of benzene rings is 2. The number of amides is 1. The summed E-state index contributed by atoms with van der Waals surface area (Å²) in [6.07, 6.45) is 7.88. The number of hydrogen-bond donors (Lipinski definition) is 2. The van der Waals surface area contributed by atoms with Crippen LogP contribution in [0.4, 0.5) is 0 Å². The highest BCUT2D eigenvalue weighted by Crippen LogP contribution is 2.34. The van der Waals surface area contributed by atoms with Crippen molar-refractivity contribution in [3.05, 3.63) is 83.4 Å². The van der Waals surface area contributed by atoms with Gasteiger partial charge in [-0.05, 0) is 49.1 Å². The molecule has 0 radical (unpaired) electrons. The Morgan fingerprint density at radius 1 is 1.15 bits per heavy atom. The lowest BCUT2D eigenvalue weighted by atomic mass is 9.74. The largest absolute Gasteiger partial charge is 0.355 e. The van der Waals surface area contributed by atoms with Crippen molar-refractivity contribution in [3.63, 3.8) is 0 Å². The van der Waals surface area contributed by atoms with Gasteiger partial charge in [-0.25, -0.2) is 0 Å². The van der Waals surface area contributed by atoms with Gasteiger partial charge in [0.25, 0.3) is 5.91 Å². The summed E-state index contributed by atoms with van der Waals surface area (Å²) in [5, 5.41) is 6.31. The Bertz CT molecular complexity index is 769. The molecule has 3 nitrogen and oxygen atoms in total. The van der Waals surface area contributed by atoms with Crippen LogP contribution in [0.3, 0.4) is 0 Å². The van der Waals surface area contributed by atoms with Gasteiger partial charge >= 0.3 is 0 Å². The van der Waals surface area contributed by atoms with Gasteiger partial charge in [-0.1, -0.05) is 61.5 Å². The van der Waals surface area contributed by atoms with Gasteiger partial charge in [0, 0.05) is 24.1 Å². The maximum absolute atomic E-state index is 11.7. The van der Waals surface area contributed by atoms with Crippen LogP contribution in [-0.2, 0) is 11.8 Å². The SMILES string of the molecule is CNC(=O)c1cccc(CCNC2C=CC(C)(c3ccccc3)CC2)c1. The molecule has 0 bridgehead atoms. The summed E-state index contributed by atoms with van der Waals surface area (Å²) in [5.41, 5.74) is 3.44. The van der Waals surface area contributed by atoms with Crippen molar-refractivity contribution in [2.75, 3.05) is 13.6 Å². The molecule has 1 aliphatic rings. The van der Waals surface area contributed by atoms with E-state index in [1.165, 1.54) is 11.1 Å². The summed E-state index contributed by atoms with van der Waals surface area (Å²) >= 11 is 0. The Hall–Kier alpha value is -2.39. The third kappa shape index (κ3) is 4.41. The molecule has 3 rings (SSSR count). The summed E-state index contributed by atoms with van der Waals surface area (Å²) in [7, 11) is 1.66. The van der Waals surface area contributed by atoms with E-state index in [0.29, 0.717) is 6.04 Å². The minimum Gasteiger partial charge on any atom is -0.355 e. The predicted molar refractivity (Wildman–Crippen MR) is 107 cm³/mol. The molecule has 0 saturated carbocycles. The molecule has 2 N–H and O–H groups in total. The van der Waals surface area contributed by atoms with Crippen molar-refractivity contribution in [1.29, 1.82) is 0 Å². The average molecular weight is 348 g/mol. The zero-order chi connectivity index (χ0) is 18.4. The van der Waals surface area contributed by atoms with Crippen LogP contribution in [0.25, 0.3) is 0 Å². The van der Waals surface area contributed by atoms with Crippen LogP contribution in [0, 0.1) is 0 Å². The molecule has 136 valence electrons. The first-order chi connectivity index (χ1) is 12.6. The zero-order valence-electron chi connectivity index (χ0n) is 15.7. The lowest BCUT2D eigenvalue weighted by molar-refractivity contribution is 0.0963. The minimum absolute atomic E-state index is 0.0322. The summed E-state index contributed by atoms with van der Waals surface area (Å²) in [6.45, 7) is 3.23. The second-order valence-corrected chi connectivity index (χ2v) is 7.27. The highest BCUT2D eigenvalue weighted by molar-refractivity contribution is 5.94. The van der Waals surface area contributed by atoms with E-state index >= 15 is 0 Å². The summed E-state index contributed by atoms with van der Waals surface area (Å²) in [6, 6.07) is 19.0. The van der Waals surface area contributed by atoms with Crippen molar-refractivity contribution in [2.45, 2.75) is 37.6 Å². The molecule has 2 aromatic rings. The molecule has 2 aromatic carbocycles. The number of hydrogen-bond acceptors (Lipinski definition) is 2. The lowest BCUT2D eigenvalue weighted by Crippen LogP contribution is -2.35. The highest BCUT2D eigenvalue weighted by Gasteiger charge is 2.27. The smallest absolute Gasteiger partial charge is 0.251 e. The van der Waals surface area contributed by atoms with E-state index in [2.05, 4.69) is 66.1 Å². The monoisotopic (exact) mass is 348 g/mol. The first-order valence-electron chi connectivity index (χ1n) is 9.40. The Kier molecular flexibility index (Phi) is 5.89. The van der Waals surface area contributed by atoms with Gasteiger partial charge in [-0.3, -0.25) is 4.79 Å². The lowest BCUT2D eigenvalue weighted by Gasteiger charge is -2.33. The standard InChI is InChI=1S/C23H28N2O/c1-23(20-9-4-3-5-10-20)14-11-21(12-15-23)25-16-13-18-7-6-8-19(17-18)22(26)24-2/h3-11,14,17,21,25H,12-13,15-16H2,1-2H3,(H,24,26). The van der Waals surface area contributed by atoms with Gasteiger partial charge in [0.15, 0.2) is 0 Å². The number of carbonyl (C=O) groups excluding carboxylic acids is 1. The quantitative estimate of drug-likeness (QED) is 0.779. The Morgan fingerprint density at radius 3 is 2.65 bits per heavy atom. The molecule has 2 atom stereocenters. The van der Waals surface area contributed by atoms with Crippen LogP contribution in [0.5, 0.6) is 0 Å². The number of nitrogens with one attached hydrogen (secondary N) is 2. The number of carbonyl (C=O) groups is 1. The summed E-state index contributed by atoms with van der Waals surface area (Å²) < 4.78 is 0. The first-order valence-corrected chi connectivity index (χ1v) is 9.40. The third-order valence-electron chi connectivity index (χ3n) is 5.34. The average Bonchev–Trinajstić information content (AvgIpc) is 2.70. The molecule has 0 spiro atoms. The number of rotatable bonds is 6. The van der Waals surface area contributed by atoms with Crippen molar-refractivity contribution in [3.8, 4) is 0 Å². The van der Waals surface area contributed by atoms with Gasteiger partial charge in [-0.15, -0.1) is 0 Å². The summed E-state index contributed by atoms with van der Waals surface area (Å²) in [5.74, 6) is -0.0322. The van der Waals surface area contributed by atoms with Crippen molar-refractivity contribution in [2.24, 2.45) is 0 Å². The van der Waals surface area contributed by atoms with E-state index in [1.807, 2.05) is 18.2 Å². The van der Waals surface area contributed by atoms with Gasteiger partial charge in [0.2, 0.25) is 0 Å². The molecular weight excluding hydrogens is 320 g/mol. The van der Waals surface area contributed by atoms with Crippen molar-refractivity contribution in [1.82, 2.24) is 10.6 Å². The molecule has 0 saturated heterocycles. The Labute approximate surface area is 156 Å². The highest BCUT2D eigenvalue weighted by atomic mass is 16.1. The molecule has 1 amide bonds. The van der Waals surface area contributed by atoms with Crippen LogP contribution in [0.1, 0.15) is 41.3 Å². The fourth-order valence-electron chi connectivity index (χ4n) is 3.61. The number of allylic oxidation sites excluding steroid dienone is 1. The van der Waals surface area contributed by atoms with Gasteiger partial charge < -0.3 is 10.6 Å². The van der Waals surface area contributed by atoms with E-state index in [1.54, 1.807) is 7.05 Å². The molecule has 0 aliphatic heterocycles. The van der Waals surface area contributed by atoms with E-state index in [-0.39, 0.29) is 11.3 Å². The van der Waals surface area contributed by atoms with E-state index in [4.69, 9.17) is 0 Å². The molecule has 1 aliphatic carbocycles. The second kappa shape index (κ2) is 8.33. The van der Waals surface area contributed by atoms with Crippen LogP contribution < -0.4 is 10.6 Å². The van der Waals surface area contributed by atoms with Gasteiger partial charge in [0.05, 0.1) is 0 Å². The molecule has 2 unspecified atom stereocenters. The van der Waals surface area contributed by atoms with Crippen molar-refractivity contribution >= 4 is 5.91 Å². The zero-order valence-corrected chi connectivity index (χ0v) is 15.7. The van der Waals surface area contributed by atoms with E-state index in [0.717, 1.165) is 31.4 Å². The van der Waals surface area contributed by atoms with Crippen LogP contribution in [-0.4, -0.2) is 25.5 Å².